The van der Waals surface area contributed by atoms with Crippen molar-refractivity contribution in [3.8, 4) is 16.9 Å². The Balaban J connectivity index is 1.60. The van der Waals surface area contributed by atoms with Gasteiger partial charge < -0.3 is 9.64 Å². The summed E-state index contributed by atoms with van der Waals surface area (Å²) in [7, 11) is 1.68. The Bertz CT molecular complexity index is 1030. The van der Waals surface area contributed by atoms with Gasteiger partial charge in [-0.2, -0.15) is 0 Å². The summed E-state index contributed by atoms with van der Waals surface area (Å²) in [5, 5.41) is 3.98. The topological polar surface area (TPSA) is 68.2 Å². The normalized spacial score (nSPS) is 16.7. The Morgan fingerprint density at radius 3 is 2.83 bits per heavy atom. The molecule has 7 heteroatoms. The van der Waals surface area contributed by atoms with Gasteiger partial charge in [-0.1, -0.05) is 16.6 Å². The van der Waals surface area contributed by atoms with Crippen LogP contribution in [0.5, 0.6) is 5.75 Å². The molecule has 3 aromatic rings. The van der Waals surface area contributed by atoms with Gasteiger partial charge in [0.2, 0.25) is 0 Å². The second-order valence-electron chi connectivity index (χ2n) is 7.43. The molecule has 150 valence electrons. The van der Waals surface area contributed by atoms with Crippen molar-refractivity contribution < 1.29 is 9.53 Å². The number of carbonyl (C=O) groups excluding carboxylic acids is 1. The Kier molecular flexibility index (Phi) is 5.58. The van der Waals surface area contributed by atoms with Gasteiger partial charge >= 0.3 is 0 Å². The molecule has 0 radical (unpaired) electrons. The van der Waals surface area contributed by atoms with E-state index in [-0.39, 0.29) is 11.8 Å². The number of hydrogen-bond donors (Lipinski definition) is 0. The van der Waals surface area contributed by atoms with Crippen LogP contribution < -0.4 is 4.74 Å². The minimum Gasteiger partial charge on any atom is -0.497 e. The monoisotopic (exact) mass is 408 g/mol. The van der Waals surface area contributed by atoms with E-state index < -0.39 is 0 Å². The molecule has 1 saturated heterocycles. The fourth-order valence-electron chi connectivity index (χ4n) is 3.85. The molecule has 0 saturated carbocycles. The van der Waals surface area contributed by atoms with Crippen LogP contribution in [0.25, 0.3) is 11.1 Å². The molecule has 0 N–H and O–H groups in total. The standard InChI is InChI=1S/C22H24N4O2S/c1-14-10-18(16-6-4-8-19(11-16)28-3)12-20(23-14)17-7-5-9-26(13-17)22(27)21-15(2)24-25-29-21/h4,6,8,10-12,17H,5,7,9,13H2,1-3H3. The van der Waals surface area contributed by atoms with Gasteiger partial charge in [0.25, 0.3) is 5.91 Å². The van der Waals surface area contributed by atoms with E-state index in [0.717, 1.165) is 47.7 Å². The number of methoxy groups -OCH3 is 1. The number of hydrogen-bond acceptors (Lipinski definition) is 6. The van der Waals surface area contributed by atoms with Gasteiger partial charge in [0, 0.05) is 30.4 Å². The van der Waals surface area contributed by atoms with E-state index in [1.54, 1.807) is 7.11 Å². The predicted octanol–water partition coefficient (Wildman–Crippen LogP) is 4.25. The molecule has 2 aromatic heterocycles. The van der Waals surface area contributed by atoms with E-state index in [4.69, 9.17) is 9.72 Å². The Morgan fingerprint density at radius 2 is 2.07 bits per heavy atom. The summed E-state index contributed by atoms with van der Waals surface area (Å²) >= 11 is 1.17. The van der Waals surface area contributed by atoms with Gasteiger partial charge in [-0.3, -0.25) is 9.78 Å². The number of rotatable bonds is 4. The molecule has 1 aliphatic rings. The molecule has 4 rings (SSSR count). The van der Waals surface area contributed by atoms with E-state index in [0.29, 0.717) is 17.1 Å². The molecule has 1 fully saturated rings. The molecule has 0 spiro atoms. The zero-order valence-electron chi connectivity index (χ0n) is 16.9. The van der Waals surface area contributed by atoms with Crippen LogP contribution in [0.1, 0.15) is 45.5 Å². The highest BCUT2D eigenvalue weighted by Crippen LogP contribution is 2.31. The van der Waals surface area contributed by atoms with Crippen LogP contribution in [-0.4, -0.2) is 45.6 Å². The first-order valence-corrected chi connectivity index (χ1v) is 10.5. The van der Waals surface area contributed by atoms with Crippen molar-refractivity contribution in [2.75, 3.05) is 20.2 Å². The first-order valence-electron chi connectivity index (χ1n) is 9.76. The molecule has 1 unspecified atom stereocenters. The summed E-state index contributed by atoms with van der Waals surface area (Å²) in [5.74, 6) is 1.09. The second-order valence-corrected chi connectivity index (χ2v) is 8.19. The fourth-order valence-corrected chi connectivity index (χ4v) is 4.47. The lowest BCUT2D eigenvalue weighted by atomic mass is 9.92. The van der Waals surface area contributed by atoms with Crippen LogP contribution in [0.3, 0.4) is 0 Å². The lowest BCUT2D eigenvalue weighted by molar-refractivity contribution is 0.0710. The second kappa shape index (κ2) is 8.29. The maximum Gasteiger partial charge on any atom is 0.267 e. The predicted molar refractivity (Wildman–Crippen MR) is 113 cm³/mol. The average molecular weight is 409 g/mol. The van der Waals surface area contributed by atoms with Crippen molar-refractivity contribution >= 4 is 17.4 Å². The number of carbonyl (C=O) groups is 1. The molecule has 0 bridgehead atoms. The van der Waals surface area contributed by atoms with Crippen LogP contribution in [-0.2, 0) is 0 Å². The van der Waals surface area contributed by atoms with Gasteiger partial charge in [0.15, 0.2) is 0 Å². The zero-order chi connectivity index (χ0) is 20.4. The van der Waals surface area contributed by atoms with E-state index in [1.165, 1.54) is 11.5 Å². The maximum atomic E-state index is 12.9. The summed E-state index contributed by atoms with van der Waals surface area (Å²) in [6.07, 6.45) is 1.99. The van der Waals surface area contributed by atoms with Crippen molar-refractivity contribution in [2.24, 2.45) is 0 Å². The van der Waals surface area contributed by atoms with Crippen LogP contribution in [0.4, 0.5) is 0 Å². The lowest BCUT2D eigenvalue weighted by Crippen LogP contribution is -2.39. The number of piperidine rings is 1. The van der Waals surface area contributed by atoms with Gasteiger partial charge in [0.05, 0.1) is 12.8 Å². The summed E-state index contributed by atoms with van der Waals surface area (Å²) < 4.78 is 9.28. The van der Waals surface area contributed by atoms with E-state index in [2.05, 4.69) is 27.8 Å². The Labute approximate surface area is 174 Å². The number of pyridine rings is 1. The highest BCUT2D eigenvalue weighted by Gasteiger charge is 2.28. The smallest absolute Gasteiger partial charge is 0.267 e. The molecule has 1 atom stereocenters. The highest BCUT2D eigenvalue weighted by molar-refractivity contribution is 7.07. The number of amides is 1. The summed E-state index contributed by atoms with van der Waals surface area (Å²) in [6.45, 7) is 5.29. The van der Waals surface area contributed by atoms with Gasteiger partial charge in [-0.25, -0.2) is 0 Å². The van der Waals surface area contributed by atoms with E-state index >= 15 is 0 Å². The molecule has 6 nitrogen and oxygen atoms in total. The number of aryl methyl sites for hydroxylation is 2. The Hall–Kier alpha value is -2.80. The van der Waals surface area contributed by atoms with Crippen LogP contribution in [0.15, 0.2) is 36.4 Å². The molecular formula is C22H24N4O2S. The lowest BCUT2D eigenvalue weighted by Gasteiger charge is -2.32. The Morgan fingerprint density at radius 1 is 1.21 bits per heavy atom. The van der Waals surface area contributed by atoms with Crippen molar-refractivity contribution in [1.29, 1.82) is 0 Å². The van der Waals surface area contributed by atoms with Gasteiger partial charge in [-0.05, 0) is 73.6 Å². The SMILES string of the molecule is COc1cccc(-c2cc(C)nc(C3CCCN(C(=O)c4snnc4C)C3)c2)c1. The van der Waals surface area contributed by atoms with Gasteiger partial charge in [-0.15, -0.1) is 5.10 Å². The fraction of sp³-hybridized carbons (Fsp3) is 0.364. The molecule has 3 heterocycles. The number of ether oxygens (including phenoxy) is 1. The number of benzene rings is 1. The van der Waals surface area contributed by atoms with Crippen molar-refractivity contribution in [3.63, 3.8) is 0 Å². The van der Waals surface area contributed by atoms with Crippen LogP contribution >= 0.6 is 11.5 Å². The zero-order valence-corrected chi connectivity index (χ0v) is 17.7. The molecule has 1 aromatic carbocycles. The van der Waals surface area contributed by atoms with Crippen LogP contribution in [0, 0.1) is 13.8 Å². The van der Waals surface area contributed by atoms with Crippen molar-refractivity contribution in [1.82, 2.24) is 19.5 Å². The minimum atomic E-state index is 0.0304. The molecule has 0 aliphatic carbocycles. The summed E-state index contributed by atoms with van der Waals surface area (Å²) in [6, 6.07) is 12.3. The first-order chi connectivity index (χ1) is 14.0. The third-order valence-corrected chi connectivity index (χ3v) is 6.16. The van der Waals surface area contributed by atoms with Gasteiger partial charge in [0.1, 0.15) is 10.6 Å². The van der Waals surface area contributed by atoms with Crippen LogP contribution in [0.2, 0.25) is 0 Å². The average Bonchev–Trinajstić information content (AvgIpc) is 3.18. The number of nitrogens with zero attached hydrogens (tertiary/aromatic N) is 4. The number of aromatic nitrogens is 3. The molecule has 1 aliphatic heterocycles. The highest BCUT2D eigenvalue weighted by atomic mass is 32.1. The van der Waals surface area contributed by atoms with E-state index in [1.807, 2.05) is 36.9 Å². The minimum absolute atomic E-state index is 0.0304. The quantitative estimate of drug-likeness (QED) is 0.646. The molecular weight excluding hydrogens is 384 g/mol. The maximum absolute atomic E-state index is 12.9. The summed E-state index contributed by atoms with van der Waals surface area (Å²) in [5.41, 5.74) is 4.95. The first kappa shape index (κ1) is 19.5. The third kappa shape index (κ3) is 4.15. The molecule has 29 heavy (non-hydrogen) atoms. The third-order valence-electron chi connectivity index (χ3n) is 5.35. The number of likely N-dealkylation sites (tertiary alicyclic amines) is 1. The van der Waals surface area contributed by atoms with E-state index in [9.17, 15) is 4.79 Å². The van der Waals surface area contributed by atoms with Crippen molar-refractivity contribution in [3.05, 3.63) is 58.4 Å². The summed E-state index contributed by atoms with van der Waals surface area (Å²) in [4.78, 5) is 20.3. The molecule has 1 amide bonds. The van der Waals surface area contributed by atoms with Crippen molar-refractivity contribution in [2.45, 2.75) is 32.6 Å². The largest absolute Gasteiger partial charge is 0.497 e.